The first-order chi connectivity index (χ1) is 16.1. The third kappa shape index (κ3) is 3.93. The van der Waals surface area contributed by atoms with E-state index in [2.05, 4.69) is 13.8 Å². The Morgan fingerprint density at radius 2 is 1.65 bits per heavy atom. The number of thiazole rings is 1. The number of Topliss-reactive ketones (excluding diaryl/α,β-unsaturated/α-hetero) is 1. The van der Waals surface area contributed by atoms with Crippen molar-refractivity contribution >= 4 is 28.7 Å². The van der Waals surface area contributed by atoms with Crippen molar-refractivity contribution in [3.05, 3.63) is 91.7 Å². The zero-order valence-corrected chi connectivity index (χ0v) is 21.2. The van der Waals surface area contributed by atoms with E-state index in [1.807, 2.05) is 61.7 Å². The van der Waals surface area contributed by atoms with Crippen molar-refractivity contribution in [3.63, 3.8) is 0 Å². The number of aryl methyl sites for hydroxylation is 2. The normalized spacial score (nSPS) is 14.8. The number of rotatable bonds is 3. The summed E-state index contributed by atoms with van der Waals surface area (Å²) in [4.78, 5) is 32.1. The van der Waals surface area contributed by atoms with Gasteiger partial charge in [0.15, 0.2) is 5.78 Å². The van der Waals surface area contributed by atoms with Crippen LogP contribution in [0.15, 0.2) is 58.7 Å². The maximum absolute atomic E-state index is 14.1. The van der Waals surface area contributed by atoms with Gasteiger partial charge in [-0.25, -0.2) is 4.98 Å². The third-order valence-electron chi connectivity index (χ3n) is 6.43. The molecule has 0 saturated carbocycles. The fourth-order valence-electron chi connectivity index (χ4n) is 4.81. The molecule has 0 amide bonds. The van der Waals surface area contributed by atoms with Gasteiger partial charge in [0.25, 0.3) is 5.56 Å². The minimum atomic E-state index is -0.209. The number of hydrogen-bond acceptors (Lipinski definition) is 4. The molecule has 6 heteroatoms. The van der Waals surface area contributed by atoms with E-state index < -0.39 is 0 Å². The monoisotopic (exact) mass is 488 g/mol. The Hall–Kier alpha value is -3.02. The van der Waals surface area contributed by atoms with Crippen LogP contribution in [0.3, 0.4) is 0 Å². The minimum Gasteiger partial charge on any atom is -0.294 e. The van der Waals surface area contributed by atoms with Gasteiger partial charge in [-0.2, -0.15) is 0 Å². The second kappa shape index (κ2) is 8.33. The molecule has 0 N–H and O–H groups in total. The fraction of sp³-hybridized carbons (Fsp3) is 0.250. The van der Waals surface area contributed by atoms with Gasteiger partial charge in [0.1, 0.15) is 5.01 Å². The topological polar surface area (TPSA) is 52.0 Å². The number of benzene rings is 2. The molecule has 4 nitrogen and oxygen atoms in total. The van der Waals surface area contributed by atoms with E-state index in [1.54, 1.807) is 10.6 Å². The summed E-state index contributed by atoms with van der Waals surface area (Å²) in [6.45, 7) is 8.18. The van der Waals surface area contributed by atoms with Gasteiger partial charge in [-0.1, -0.05) is 55.8 Å². The SMILES string of the molecule is Cc1cccc(C)c1-n1c2c(cc(-c3nc(-c4ccc(Cl)cc4)cs3)c1=O)C(=O)CC(C)(C)C2. The average Bonchev–Trinajstić information content (AvgIpc) is 3.25. The Morgan fingerprint density at radius 3 is 2.32 bits per heavy atom. The number of hydrogen-bond donors (Lipinski definition) is 0. The molecule has 0 fully saturated rings. The van der Waals surface area contributed by atoms with Gasteiger partial charge in [-0.05, 0) is 55.0 Å². The predicted octanol–water partition coefficient (Wildman–Crippen LogP) is 7.05. The number of fused-ring (bicyclic) bond motifs is 1. The van der Waals surface area contributed by atoms with Crippen LogP contribution < -0.4 is 5.56 Å². The Bertz CT molecular complexity index is 1480. The smallest absolute Gasteiger partial charge is 0.265 e. The van der Waals surface area contributed by atoms with Crippen molar-refractivity contribution in [3.8, 4) is 27.5 Å². The van der Waals surface area contributed by atoms with Gasteiger partial charge in [0.05, 0.1) is 16.9 Å². The molecule has 4 aromatic rings. The second-order valence-corrected chi connectivity index (χ2v) is 11.1. The van der Waals surface area contributed by atoms with E-state index in [-0.39, 0.29) is 16.8 Å². The van der Waals surface area contributed by atoms with Crippen LogP contribution in [-0.2, 0) is 6.42 Å². The van der Waals surface area contributed by atoms with Crippen molar-refractivity contribution in [1.29, 1.82) is 0 Å². The molecule has 1 aliphatic carbocycles. The van der Waals surface area contributed by atoms with Gasteiger partial charge in [0, 0.05) is 33.6 Å². The van der Waals surface area contributed by atoms with Gasteiger partial charge in [-0.3, -0.25) is 14.2 Å². The highest BCUT2D eigenvalue weighted by Crippen LogP contribution is 2.38. The molecule has 0 atom stereocenters. The molecule has 0 aliphatic heterocycles. The number of aromatic nitrogens is 2. The lowest BCUT2D eigenvalue weighted by Crippen LogP contribution is -2.35. The van der Waals surface area contributed by atoms with Gasteiger partial charge < -0.3 is 0 Å². The standard InChI is InChI=1S/C28H25ClN2O2S/c1-16-6-5-7-17(2)25(16)31-23-13-28(3,4)14-24(32)20(23)12-21(27(31)33)26-30-22(15-34-26)18-8-10-19(29)11-9-18/h5-12,15H,13-14H2,1-4H3. The number of carbonyl (C=O) groups is 1. The van der Waals surface area contributed by atoms with Gasteiger partial charge >= 0.3 is 0 Å². The molecule has 0 saturated heterocycles. The molecule has 0 unspecified atom stereocenters. The minimum absolute atomic E-state index is 0.0713. The van der Waals surface area contributed by atoms with Crippen molar-refractivity contribution < 1.29 is 4.79 Å². The molecule has 2 heterocycles. The molecule has 0 bridgehead atoms. The third-order valence-corrected chi connectivity index (χ3v) is 7.55. The van der Waals surface area contributed by atoms with Crippen LogP contribution in [0.5, 0.6) is 0 Å². The fourth-order valence-corrected chi connectivity index (χ4v) is 5.78. The number of para-hydroxylation sites is 1. The van der Waals surface area contributed by atoms with Crippen molar-refractivity contribution in [2.45, 2.75) is 40.5 Å². The first kappa shape index (κ1) is 22.8. The number of carbonyl (C=O) groups excluding carboxylic acids is 1. The van der Waals surface area contributed by atoms with E-state index in [0.717, 1.165) is 33.8 Å². The lowest BCUT2D eigenvalue weighted by atomic mass is 9.75. The van der Waals surface area contributed by atoms with E-state index in [0.29, 0.717) is 34.0 Å². The van der Waals surface area contributed by atoms with Gasteiger partial charge in [-0.15, -0.1) is 11.3 Å². The van der Waals surface area contributed by atoms with Crippen LogP contribution in [0.25, 0.3) is 27.5 Å². The Balaban J connectivity index is 1.77. The van der Waals surface area contributed by atoms with Crippen molar-refractivity contribution in [2.75, 3.05) is 0 Å². The van der Waals surface area contributed by atoms with Crippen LogP contribution in [-0.4, -0.2) is 15.3 Å². The Kier molecular flexibility index (Phi) is 5.58. The summed E-state index contributed by atoms with van der Waals surface area (Å²) in [7, 11) is 0. The molecular weight excluding hydrogens is 464 g/mol. The van der Waals surface area contributed by atoms with E-state index in [9.17, 15) is 9.59 Å². The molecule has 34 heavy (non-hydrogen) atoms. The van der Waals surface area contributed by atoms with E-state index >= 15 is 0 Å². The Labute approximate surface area is 207 Å². The molecule has 0 spiro atoms. The lowest BCUT2D eigenvalue weighted by molar-refractivity contribution is 0.0909. The number of ketones is 1. The summed E-state index contributed by atoms with van der Waals surface area (Å²) in [6.07, 6.45) is 1.11. The highest BCUT2D eigenvalue weighted by molar-refractivity contribution is 7.13. The lowest BCUT2D eigenvalue weighted by Gasteiger charge is -2.33. The predicted molar refractivity (Wildman–Crippen MR) is 139 cm³/mol. The van der Waals surface area contributed by atoms with Crippen LogP contribution in [0.4, 0.5) is 0 Å². The molecular formula is C28H25ClN2O2S. The summed E-state index contributed by atoms with van der Waals surface area (Å²) in [6, 6.07) is 15.2. The quantitative estimate of drug-likeness (QED) is 0.310. The van der Waals surface area contributed by atoms with E-state index in [4.69, 9.17) is 16.6 Å². The first-order valence-electron chi connectivity index (χ1n) is 11.3. The van der Waals surface area contributed by atoms with Crippen LogP contribution in [0.1, 0.15) is 47.4 Å². The maximum atomic E-state index is 14.1. The summed E-state index contributed by atoms with van der Waals surface area (Å²) in [5, 5.41) is 3.20. The molecule has 2 aromatic carbocycles. The molecule has 1 aliphatic rings. The van der Waals surface area contributed by atoms with Crippen molar-refractivity contribution in [1.82, 2.24) is 9.55 Å². The molecule has 5 rings (SSSR count). The number of nitrogens with zero attached hydrogens (tertiary/aromatic N) is 2. The largest absolute Gasteiger partial charge is 0.294 e. The summed E-state index contributed by atoms with van der Waals surface area (Å²) in [5.74, 6) is 0.0713. The summed E-state index contributed by atoms with van der Waals surface area (Å²) >= 11 is 7.44. The van der Waals surface area contributed by atoms with Gasteiger partial charge in [0.2, 0.25) is 0 Å². The average molecular weight is 489 g/mol. The number of pyridine rings is 1. The molecule has 172 valence electrons. The molecule has 0 radical (unpaired) electrons. The zero-order valence-electron chi connectivity index (χ0n) is 19.6. The van der Waals surface area contributed by atoms with E-state index in [1.165, 1.54) is 11.3 Å². The first-order valence-corrected chi connectivity index (χ1v) is 12.5. The summed E-state index contributed by atoms with van der Waals surface area (Å²) in [5.41, 5.74) is 6.08. The zero-order chi connectivity index (χ0) is 24.2. The maximum Gasteiger partial charge on any atom is 0.265 e. The molecule has 2 aromatic heterocycles. The highest BCUT2D eigenvalue weighted by Gasteiger charge is 2.35. The van der Waals surface area contributed by atoms with Crippen LogP contribution in [0, 0.1) is 19.3 Å². The number of halogens is 1. The second-order valence-electron chi connectivity index (χ2n) is 9.79. The van der Waals surface area contributed by atoms with Crippen LogP contribution in [0.2, 0.25) is 5.02 Å². The summed E-state index contributed by atoms with van der Waals surface area (Å²) < 4.78 is 1.78. The van der Waals surface area contributed by atoms with Crippen LogP contribution >= 0.6 is 22.9 Å². The van der Waals surface area contributed by atoms with Crippen molar-refractivity contribution in [2.24, 2.45) is 5.41 Å². The highest BCUT2D eigenvalue weighted by atomic mass is 35.5. The Morgan fingerprint density at radius 1 is 0.971 bits per heavy atom.